The predicted molar refractivity (Wildman–Crippen MR) is 72.9 cm³/mol. The molecule has 0 radical (unpaired) electrons. The molecule has 0 aromatic carbocycles. The summed E-state index contributed by atoms with van der Waals surface area (Å²) in [7, 11) is 0. The predicted octanol–water partition coefficient (Wildman–Crippen LogP) is 3.57. The first-order valence-corrected chi connectivity index (χ1v) is 6.68. The Morgan fingerprint density at radius 1 is 1.33 bits per heavy atom. The Morgan fingerprint density at radius 2 is 2.11 bits per heavy atom. The minimum atomic E-state index is -0.0308. The second kappa shape index (κ2) is 4.98. The molecule has 0 saturated heterocycles. The van der Waals surface area contributed by atoms with Gasteiger partial charge in [-0.3, -0.25) is 4.79 Å². The van der Waals surface area contributed by atoms with Gasteiger partial charge in [0.1, 0.15) is 0 Å². The first-order valence-electron chi connectivity index (χ1n) is 5.86. The number of rotatable bonds is 3. The third-order valence-corrected chi connectivity index (χ3v) is 4.11. The van der Waals surface area contributed by atoms with Crippen LogP contribution in [0.2, 0.25) is 0 Å². The smallest absolute Gasteiger partial charge is 0.261 e. The maximum absolute atomic E-state index is 11.9. The Hall–Kier alpha value is -1.55. The molecule has 0 spiro atoms. The van der Waals surface area contributed by atoms with E-state index in [0.29, 0.717) is 6.54 Å². The van der Waals surface area contributed by atoms with E-state index in [-0.39, 0.29) is 11.3 Å². The van der Waals surface area contributed by atoms with Crippen LogP contribution in [0.1, 0.15) is 40.9 Å². The van der Waals surface area contributed by atoms with Gasteiger partial charge in [0.15, 0.2) is 0 Å². The van der Waals surface area contributed by atoms with Gasteiger partial charge in [0.05, 0.1) is 17.4 Å². The average Bonchev–Trinajstić information content (AvgIpc) is 2.96. The lowest BCUT2D eigenvalue weighted by Gasteiger charge is -2.15. The molecule has 0 fully saturated rings. The summed E-state index contributed by atoms with van der Waals surface area (Å²) in [4.78, 5) is 13.9. The van der Waals surface area contributed by atoms with Crippen molar-refractivity contribution in [3.05, 3.63) is 46.0 Å². The summed E-state index contributed by atoms with van der Waals surface area (Å²) in [5, 5.41) is 2.88. The summed E-state index contributed by atoms with van der Waals surface area (Å²) in [6, 6.07) is 5.75. The van der Waals surface area contributed by atoms with Crippen molar-refractivity contribution < 1.29 is 9.21 Å². The summed E-state index contributed by atoms with van der Waals surface area (Å²) >= 11 is 1.55. The average molecular weight is 263 g/mol. The molecule has 0 aliphatic heterocycles. The maximum Gasteiger partial charge on any atom is 0.261 e. The Kier molecular flexibility index (Phi) is 3.57. The third kappa shape index (κ3) is 3.01. The molecule has 0 atom stereocenters. The highest BCUT2D eigenvalue weighted by molar-refractivity contribution is 7.14. The van der Waals surface area contributed by atoms with E-state index in [1.54, 1.807) is 23.9 Å². The maximum atomic E-state index is 11.9. The van der Waals surface area contributed by atoms with Crippen molar-refractivity contribution in [1.29, 1.82) is 0 Å². The molecule has 4 heteroatoms. The lowest BCUT2D eigenvalue weighted by Crippen LogP contribution is -2.21. The van der Waals surface area contributed by atoms with Crippen LogP contribution in [0.25, 0.3) is 0 Å². The number of carbonyl (C=O) groups excluding carboxylic acids is 1. The van der Waals surface area contributed by atoms with E-state index < -0.39 is 0 Å². The fourth-order valence-electron chi connectivity index (χ4n) is 1.53. The topological polar surface area (TPSA) is 42.2 Å². The minimum absolute atomic E-state index is 0.0308. The molecule has 0 aliphatic carbocycles. The van der Waals surface area contributed by atoms with Gasteiger partial charge < -0.3 is 9.73 Å². The summed E-state index contributed by atoms with van der Waals surface area (Å²) < 4.78 is 4.95. The van der Waals surface area contributed by atoms with Gasteiger partial charge in [-0.1, -0.05) is 20.8 Å². The monoisotopic (exact) mass is 263 g/mol. The highest BCUT2D eigenvalue weighted by atomic mass is 32.1. The van der Waals surface area contributed by atoms with Crippen LogP contribution >= 0.6 is 11.3 Å². The Bertz CT molecular complexity index is 520. The summed E-state index contributed by atoms with van der Waals surface area (Å²) in [5.41, 5.74) is 1.06. The first kappa shape index (κ1) is 12.9. The lowest BCUT2D eigenvalue weighted by atomic mass is 9.95. The molecule has 96 valence electrons. The van der Waals surface area contributed by atoms with Crippen molar-refractivity contribution in [2.24, 2.45) is 0 Å². The van der Waals surface area contributed by atoms with Crippen LogP contribution in [-0.4, -0.2) is 5.91 Å². The minimum Gasteiger partial charge on any atom is -0.472 e. The van der Waals surface area contributed by atoms with Crippen LogP contribution in [0.5, 0.6) is 0 Å². The zero-order valence-corrected chi connectivity index (χ0v) is 11.6. The number of nitrogens with one attached hydrogen (secondary N) is 1. The Balaban J connectivity index is 1.99. The molecule has 0 unspecified atom stereocenters. The number of thiophene rings is 1. The van der Waals surface area contributed by atoms with Crippen molar-refractivity contribution in [2.75, 3.05) is 0 Å². The van der Waals surface area contributed by atoms with Gasteiger partial charge in [0.25, 0.3) is 5.91 Å². The van der Waals surface area contributed by atoms with E-state index in [4.69, 9.17) is 4.42 Å². The summed E-state index contributed by atoms with van der Waals surface area (Å²) in [5.74, 6) is -0.0308. The molecule has 0 aliphatic rings. The van der Waals surface area contributed by atoms with Gasteiger partial charge in [-0.2, -0.15) is 0 Å². The molecular formula is C14H17NO2S. The zero-order valence-electron chi connectivity index (χ0n) is 10.8. The molecule has 1 N–H and O–H groups in total. The van der Waals surface area contributed by atoms with E-state index in [1.165, 1.54) is 4.88 Å². The molecule has 2 aromatic heterocycles. The van der Waals surface area contributed by atoms with Gasteiger partial charge in [-0.05, 0) is 23.6 Å². The fourth-order valence-corrected chi connectivity index (χ4v) is 2.51. The second-order valence-corrected chi connectivity index (χ2v) is 6.31. The van der Waals surface area contributed by atoms with Crippen molar-refractivity contribution >= 4 is 17.2 Å². The molecule has 0 saturated carbocycles. The number of carbonyl (C=O) groups is 1. The molecule has 2 heterocycles. The molecule has 2 rings (SSSR count). The van der Waals surface area contributed by atoms with Crippen LogP contribution in [0.15, 0.2) is 35.1 Å². The van der Waals surface area contributed by atoms with Crippen LogP contribution in [0.4, 0.5) is 0 Å². The Morgan fingerprint density at radius 3 is 2.67 bits per heavy atom. The number of amides is 1. The normalized spacial score (nSPS) is 11.5. The number of hydrogen-bond donors (Lipinski definition) is 1. The van der Waals surface area contributed by atoms with Crippen LogP contribution in [0, 0.1) is 0 Å². The van der Waals surface area contributed by atoms with E-state index in [9.17, 15) is 4.79 Å². The zero-order chi connectivity index (χ0) is 13.2. The van der Waals surface area contributed by atoms with Crippen molar-refractivity contribution in [3.63, 3.8) is 0 Å². The fraction of sp³-hybridized carbons (Fsp3) is 0.357. The van der Waals surface area contributed by atoms with Crippen LogP contribution < -0.4 is 5.32 Å². The summed E-state index contributed by atoms with van der Waals surface area (Å²) in [6.45, 7) is 6.93. The molecule has 0 bridgehead atoms. The SMILES string of the molecule is CC(C)(C)c1ccc(C(=O)NCc2ccoc2)s1. The molecule has 1 amide bonds. The molecular weight excluding hydrogens is 246 g/mol. The van der Waals surface area contributed by atoms with Crippen molar-refractivity contribution in [3.8, 4) is 0 Å². The Labute approximate surface area is 111 Å². The van der Waals surface area contributed by atoms with Crippen LogP contribution in [0.3, 0.4) is 0 Å². The first-order chi connectivity index (χ1) is 8.47. The number of furan rings is 1. The number of hydrogen-bond acceptors (Lipinski definition) is 3. The lowest BCUT2D eigenvalue weighted by molar-refractivity contribution is 0.0955. The highest BCUT2D eigenvalue weighted by Gasteiger charge is 2.18. The van der Waals surface area contributed by atoms with Gasteiger partial charge in [0.2, 0.25) is 0 Å². The molecule has 3 nitrogen and oxygen atoms in total. The van der Waals surface area contributed by atoms with Gasteiger partial charge in [0, 0.05) is 17.0 Å². The van der Waals surface area contributed by atoms with Crippen LogP contribution in [-0.2, 0) is 12.0 Å². The standard InChI is InChI=1S/C14H17NO2S/c1-14(2,3)12-5-4-11(18-12)13(16)15-8-10-6-7-17-9-10/h4-7,9H,8H2,1-3H3,(H,15,16). The largest absolute Gasteiger partial charge is 0.472 e. The highest BCUT2D eigenvalue weighted by Crippen LogP contribution is 2.29. The van der Waals surface area contributed by atoms with E-state index in [0.717, 1.165) is 10.4 Å². The van der Waals surface area contributed by atoms with E-state index >= 15 is 0 Å². The van der Waals surface area contributed by atoms with Gasteiger partial charge in [-0.25, -0.2) is 0 Å². The van der Waals surface area contributed by atoms with Crippen molar-refractivity contribution in [2.45, 2.75) is 32.7 Å². The van der Waals surface area contributed by atoms with E-state index in [2.05, 4.69) is 26.1 Å². The van der Waals surface area contributed by atoms with Gasteiger partial charge in [-0.15, -0.1) is 11.3 Å². The van der Waals surface area contributed by atoms with Crippen molar-refractivity contribution in [1.82, 2.24) is 5.32 Å². The van der Waals surface area contributed by atoms with Gasteiger partial charge >= 0.3 is 0 Å². The summed E-state index contributed by atoms with van der Waals surface area (Å²) in [6.07, 6.45) is 3.24. The quantitative estimate of drug-likeness (QED) is 0.919. The third-order valence-electron chi connectivity index (χ3n) is 2.60. The second-order valence-electron chi connectivity index (χ2n) is 5.23. The van der Waals surface area contributed by atoms with E-state index in [1.807, 2.05) is 18.2 Å². The molecule has 2 aromatic rings. The molecule has 18 heavy (non-hydrogen) atoms.